The lowest BCUT2D eigenvalue weighted by Crippen LogP contribution is -2.43. The van der Waals surface area contributed by atoms with E-state index in [4.69, 9.17) is 23.1 Å². The molecule has 11 nitrogen and oxygen atoms in total. The Bertz CT molecular complexity index is 1350. The summed E-state index contributed by atoms with van der Waals surface area (Å²) in [5.74, 6) is -1.46. The molecule has 0 aliphatic carbocycles. The van der Waals surface area contributed by atoms with Crippen LogP contribution in [0.3, 0.4) is 0 Å². The highest BCUT2D eigenvalue weighted by Gasteiger charge is 2.27. The highest BCUT2D eigenvalue weighted by molar-refractivity contribution is 6.71. The SMILES string of the molecule is C=C(C)C(=O)OCC(O)C(=O)N(CCC[Si](C)(C)OC)c1ccccc1.C=C(C)C(=O)OCC1CO1.CO[Si](C)(C)CCCNc1ccccc1. The Hall–Kier alpha value is -3.60. The van der Waals surface area contributed by atoms with Crippen molar-refractivity contribution in [1.82, 2.24) is 0 Å². The first kappa shape index (κ1) is 45.4. The van der Waals surface area contributed by atoms with Gasteiger partial charge in [-0.3, -0.25) is 4.79 Å². The minimum atomic E-state index is -1.73. The zero-order valence-corrected chi connectivity index (χ0v) is 33.9. The van der Waals surface area contributed by atoms with Crippen LogP contribution < -0.4 is 10.2 Å². The summed E-state index contributed by atoms with van der Waals surface area (Å²) < 4.78 is 25.5. The highest BCUT2D eigenvalue weighted by Crippen LogP contribution is 2.19. The van der Waals surface area contributed by atoms with Gasteiger partial charge in [-0.2, -0.15) is 0 Å². The predicted octanol–water partition coefficient (Wildman–Crippen LogP) is 6.59. The van der Waals surface area contributed by atoms with E-state index in [1.54, 1.807) is 14.0 Å². The minimum absolute atomic E-state index is 0.142. The van der Waals surface area contributed by atoms with Crippen molar-refractivity contribution < 1.29 is 42.6 Å². The number of carbonyl (C=O) groups is 3. The molecule has 1 fully saturated rings. The van der Waals surface area contributed by atoms with Crippen LogP contribution in [-0.2, 0) is 37.4 Å². The second-order valence-corrected chi connectivity index (χ2v) is 22.3. The van der Waals surface area contributed by atoms with Crippen molar-refractivity contribution in [1.29, 1.82) is 0 Å². The lowest BCUT2D eigenvalue weighted by Gasteiger charge is -2.27. The summed E-state index contributed by atoms with van der Waals surface area (Å²) in [5.41, 5.74) is 2.55. The van der Waals surface area contributed by atoms with E-state index in [1.165, 1.54) is 30.0 Å². The fourth-order valence-corrected chi connectivity index (χ4v) is 6.58. The smallest absolute Gasteiger partial charge is 0.333 e. The number of hydrogen-bond acceptors (Lipinski definition) is 10. The molecule has 2 unspecified atom stereocenters. The summed E-state index contributed by atoms with van der Waals surface area (Å²) >= 11 is 0. The summed E-state index contributed by atoms with van der Waals surface area (Å²) in [6.45, 7) is 21.0. The zero-order valence-electron chi connectivity index (χ0n) is 31.9. The van der Waals surface area contributed by atoms with Crippen LogP contribution in [-0.4, -0.2) is 98.9 Å². The number of amides is 1. The number of ether oxygens (including phenoxy) is 3. The van der Waals surface area contributed by atoms with Crippen LogP contribution in [0.4, 0.5) is 11.4 Å². The minimum Gasteiger partial charge on any atom is -0.459 e. The van der Waals surface area contributed by atoms with Crippen molar-refractivity contribution in [3.05, 3.63) is 85.0 Å². The molecule has 1 saturated heterocycles. The van der Waals surface area contributed by atoms with Crippen LogP contribution in [0.1, 0.15) is 26.7 Å². The first-order chi connectivity index (χ1) is 24.0. The van der Waals surface area contributed by atoms with Gasteiger partial charge in [-0.1, -0.05) is 49.6 Å². The maximum absolute atomic E-state index is 12.7. The number of nitrogens with zero attached hydrogens (tertiary/aromatic N) is 1. The Morgan fingerprint density at radius 1 is 0.863 bits per heavy atom. The van der Waals surface area contributed by atoms with Gasteiger partial charge in [0.1, 0.15) is 19.3 Å². The van der Waals surface area contributed by atoms with Gasteiger partial charge in [0.2, 0.25) is 0 Å². The second-order valence-electron chi connectivity index (χ2n) is 13.5. The molecule has 0 radical (unpaired) electrons. The van der Waals surface area contributed by atoms with Gasteiger partial charge in [-0.15, -0.1) is 0 Å². The number of epoxide rings is 1. The van der Waals surface area contributed by atoms with Crippen molar-refractivity contribution in [2.24, 2.45) is 0 Å². The maximum Gasteiger partial charge on any atom is 0.333 e. The number of carbonyl (C=O) groups excluding carboxylic acids is 3. The quantitative estimate of drug-likeness (QED) is 0.0534. The molecule has 1 heterocycles. The monoisotopic (exact) mass is 744 g/mol. The Morgan fingerprint density at radius 2 is 1.35 bits per heavy atom. The average Bonchev–Trinajstić information content (AvgIpc) is 3.95. The zero-order chi connectivity index (χ0) is 38.5. The van der Waals surface area contributed by atoms with Crippen LogP contribution >= 0.6 is 0 Å². The molecule has 13 heteroatoms. The molecular formula is C38H60N2O9Si2. The summed E-state index contributed by atoms with van der Waals surface area (Å²) in [7, 11) is 0.460. The van der Waals surface area contributed by atoms with Crippen molar-refractivity contribution in [3.8, 4) is 0 Å². The van der Waals surface area contributed by atoms with Crippen LogP contribution in [0.15, 0.2) is 85.0 Å². The molecule has 51 heavy (non-hydrogen) atoms. The molecule has 1 amide bonds. The second kappa shape index (κ2) is 23.8. The topological polar surface area (TPSA) is 136 Å². The highest BCUT2D eigenvalue weighted by atomic mass is 28.4. The number of aliphatic hydroxyl groups is 1. The van der Waals surface area contributed by atoms with Crippen molar-refractivity contribution in [2.75, 3.05) is 57.3 Å². The van der Waals surface area contributed by atoms with Gasteiger partial charge in [0.05, 0.1) is 6.61 Å². The lowest BCUT2D eigenvalue weighted by molar-refractivity contribution is -0.145. The number of esters is 2. The fourth-order valence-electron chi connectivity index (χ4n) is 4.13. The molecule has 2 aromatic rings. The first-order valence-electron chi connectivity index (χ1n) is 17.2. The number of nitrogens with one attached hydrogen (secondary N) is 1. The summed E-state index contributed by atoms with van der Waals surface area (Å²) in [6, 6.07) is 21.6. The molecule has 2 aromatic carbocycles. The molecule has 1 aliphatic rings. The van der Waals surface area contributed by atoms with Gasteiger partial charge < -0.3 is 38.4 Å². The third-order valence-corrected chi connectivity index (χ3v) is 13.1. The van der Waals surface area contributed by atoms with Gasteiger partial charge in [0.15, 0.2) is 22.7 Å². The summed E-state index contributed by atoms with van der Waals surface area (Å²) in [4.78, 5) is 36.4. The number of rotatable bonds is 19. The van der Waals surface area contributed by atoms with Crippen molar-refractivity contribution >= 4 is 45.9 Å². The Balaban J connectivity index is 0.000000434. The third kappa shape index (κ3) is 20.7. The van der Waals surface area contributed by atoms with E-state index in [0.29, 0.717) is 31.0 Å². The van der Waals surface area contributed by atoms with Crippen LogP contribution in [0, 0.1) is 0 Å². The number of anilines is 2. The standard InChI is InChI=1S/C19H29NO5Si.C12H21NOSi.C7H10O3/c1-15(2)19(23)25-14-17(21)18(22)20(16-10-7-6-8-11-16)12-9-13-26(4,5)24-3;1-14-15(2,3)11-7-10-13-12-8-5-4-6-9-12;1-5(2)7(8)10-4-6-3-9-6/h6-8,10-11,17,21H,1,9,12-14H2,2-5H3;4-6,8-9,13H,7,10-11H2,1-3H3;6H,1,3-4H2,2H3. The molecule has 2 N–H and O–H groups in total. The van der Waals surface area contributed by atoms with Crippen LogP contribution in [0.25, 0.3) is 0 Å². The van der Waals surface area contributed by atoms with E-state index in [0.717, 1.165) is 19.0 Å². The number of hydrogen-bond donors (Lipinski definition) is 2. The van der Waals surface area contributed by atoms with E-state index in [-0.39, 0.29) is 17.6 Å². The first-order valence-corrected chi connectivity index (χ1v) is 23.5. The van der Waals surface area contributed by atoms with E-state index in [9.17, 15) is 19.5 Å². The van der Waals surface area contributed by atoms with Gasteiger partial charge in [-0.05, 0) is 89.2 Å². The van der Waals surface area contributed by atoms with Gasteiger partial charge >= 0.3 is 11.9 Å². The van der Waals surface area contributed by atoms with Gasteiger partial charge in [-0.25, -0.2) is 9.59 Å². The molecule has 1 aliphatic heterocycles. The lowest BCUT2D eigenvalue weighted by atomic mass is 10.2. The number of aliphatic hydroxyl groups excluding tert-OH is 1. The molecular weight excluding hydrogens is 685 g/mol. The molecule has 0 bridgehead atoms. The molecule has 3 rings (SSSR count). The summed E-state index contributed by atoms with van der Waals surface area (Å²) in [5, 5.41) is 13.6. The van der Waals surface area contributed by atoms with Gasteiger partial charge in [0.25, 0.3) is 5.91 Å². The predicted molar refractivity (Wildman–Crippen MR) is 209 cm³/mol. The third-order valence-electron chi connectivity index (χ3n) is 7.82. The van der Waals surface area contributed by atoms with E-state index < -0.39 is 41.2 Å². The van der Waals surface area contributed by atoms with Gasteiger partial charge in [0, 0.05) is 49.8 Å². The van der Waals surface area contributed by atoms with E-state index in [2.05, 4.69) is 68.9 Å². The molecule has 0 spiro atoms. The molecule has 2 atom stereocenters. The number of benzene rings is 2. The Labute approximate surface area is 307 Å². The summed E-state index contributed by atoms with van der Waals surface area (Å²) in [6.07, 6.45) is 0.656. The van der Waals surface area contributed by atoms with Crippen molar-refractivity contribution in [2.45, 2.75) is 77.2 Å². The maximum atomic E-state index is 12.7. The average molecular weight is 745 g/mol. The fraction of sp³-hybridized carbons (Fsp3) is 0.500. The molecule has 0 saturated carbocycles. The number of para-hydroxylation sites is 2. The Kier molecular flexibility index (Phi) is 21.2. The molecule has 0 aromatic heterocycles. The van der Waals surface area contributed by atoms with Crippen LogP contribution in [0.2, 0.25) is 38.3 Å². The van der Waals surface area contributed by atoms with Crippen LogP contribution in [0.5, 0.6) is 0 Å². The van der Waals surface area contributed by atoms with Crippen molar-refractivity contribution in [3.63, 3.8) is 0 Å². The van der Waals surface area contributed by atoms with E-state index >= 15 is 0 Å². The largest absolute Gasteiger partial charge is 0.459 e. The molecule has 284 valence electrons. The normalized spacial score (nSPS) is 13.9. The van der Waals surface area contributed by atoms with E-state index in [1.807, 2.05) is 43.5 Å². The Morgan fingerprint density at radius 3 is 1.84 bits per heavy atom.